The van der Waals surface area contributed by atoms with E-state index in [4.69, 9.17) is 28.2 Å². The molecule has 1 heterocycles. The van der Waals surface area contributed by atoms with E-state index < -0.39 is 0 Å². The molecule has 2 aromatic rings. The lowest BCUT2D eigenvalue weighted by Crippen LogP contribution is -2.30. The van der Waals surface area contributed by atoms with Crippen LogP contribution in [0.3, 0.4) is 0 Å². The van der Waals surface area contributed by atoms with Gasteiger partial charge in [-0.05, 0) is 32.1 Å². The Labute approximate surface area is 136 Å². The summed E-state index contributed by atoms with van der Waals surface area (Å²) in [6, 6.07) is 6.20. The fourth-order valence-electron chi connectivity index (χ4n) is 2.83. The summed E-state index contributed by atoms with van der Waals surface area (Å²) in [5, 5.41) is 0.757. The number of likely N-dealkylation sites (N-methyl/N-ethyl adjacent to an activating group) is 1. The molecule has 116 valence electrons. The molecule has 0 radical (unpaired) electrons. The summed E-state index contributed by atoms with van der Waals surface area (Å²) >= 11 is 12.4. The summed E-state index contributed by atoms with van der Waals surface area (Å²) in [7, 11) is 0. The predicted molar refractivity (Wildman–Crippen MR) is 91.7 cm³/mol. The standard InChI is InChI=1S/C16H23Cl2N3/c1-4-20(5-2)11-12(3)21-15(9-10-17)19-14-8-6-7-13(18)16(14)21/h6-8,12H,4-5,9-11H2,1-3H3. The van der Waals surface area contributed by atoms with E-state index >= 15 is 0 Å². The number of hydrogen-bond acceptors (Lipinski definition) is 2. The largest absolute Gasteiger partial charge is 0.323 e. The lowest BCUT2D eigenvalue weighted by atomic mass is 10.2. The number of para-hydroxylation sites is 1. The highest BCUT2D eigenvalue weighted by Crippen LogP contribution is 2.28. The van der Waals surface area contributed by atoms with Crippen molar-refractivity contribution in [3.63, 3.8) is 0 Å². The van der Waals surface area contributed by atoms with Gasteiger partial charge >= 0.3 is 0 Å². The molecule has 0 fully saturated rings. The van der Waals surface area contributed by atoms with E-state index in [1.54, 1.807) is 0 Å². The number of hydrogen-bond donors (Lipinski definition) is 0. The number of benzene rings is 1. The minimum Gasteiger partial charge on any atom is -0.323 e. The third kappa shape index (κ3) is 3.53. The van der Waals surface area contributed by atoms with Gasteiger partial charge in [0.05, 0.1) is 16.1 Å². The zero-order valence-electron chi connectivity index (χ0n) is 12.9. The van der Waals surface area contributed by atoms with Crippen LogP contribution in [0.5, 0.6) is 0 Å². The number of aryl methyl sites for hydroxylation is 1. The first-order valence-corrected chi connectivity index (χ1v) is 8.47. The van der Waals surface area contributed by atoms with Gasteiger partial charge in [0.25, 0.3) is 0 Å². The number of halogens is 2. The van der Waals surface area contributed by atoms with Crippen LogP contribution in [-0.2, 0) is 6.42 Å². The van der Waals surface area contributed by atoms with Crippen LogP contribution in [0.4, 0.5) is 0 Å². The van der Waals surface area contributed by atoms with Gasteiger partial charge in [-0.3, -0.25) is 0 Å². The van der Waals surface area contributed by atoms with E-state index in [9.17, 15) is 0 Å². The van der Waals surface area contributed by atoms with Crippen LogP contribution in [0.1, 0.15) is 32.6 Å². The van der Waals surface area contributed by atoms with Crippen molar-refractivity contribution >= 4 is 34.2 Å². The van der Waals surface area contributed by atoms with Crippen LogP contribution in [0.2, 0.25) is 5.02 Å². The maximum absolute atomic E-state index is 6.42. The van der Waals surface area contributed by atoms with Crippen LogP contribution < -0.4 is 0 Å². The molecule has 0 aliphatic heterocycles. The molecule has 0 bridgehead atoms. The first-order chi connectivity index (χ1) is 10.1. The fourth-order valence-corrected chi connectivity index (χ4v) is 3.26. The molecule has 0 spiro atoms. The maximum Gasteiger partial charge on any atom is 0.111 e. The van der Waals surface area contributed by atoms with Crippen molar-refractivity contribution in [2.24, 2.45) is 0 Å². The van der Waals surface area contributed by atoms with Crippen LogP contribution in [-0.4, -0.2) is 40.0 Å². The van der Waals surface area contributed by atoms with Crippen LogP contribution >= 0.6 is 23.2 Å². The van der Waals surface area contributed by atoms with Gasteiger partial charge in [-0.15, -0.1) is 11.6 Å². The van der Waals surface area contributed by atoms with Crippen LogP contribution in [0.15, 0.2) is 18.2 Å². The number of fused-ring (bicyclic) bond motifs is 1. The van der Waals surface area contributed by atoms with Crippen molar-refractivity contribution in [2.75, 3.05) is 25.5 Å². The zero-order chi connectivity index (χ0) is 15.4. The van der Waals surface area contributed by atoms with E-state index in [1.807, 2.05) is 18.2 Å². The molecule has 0 aliphatic carbocycles. The summed E-state index contributed by atoms with van der Waals surface area (Å²) in [5.41, 5.74) is 1.98. The third-order valence-electron chi connectivity index (χ3n) is 3.91. The molecule has 1 atom stereocenters. The molecule has 0 saturated heterocycles. The van der Waals surface area contributed by atoms with Crippen molar-refractivity contribution in [2.45, 2.75) is 33.2 Å². The van der Waals surface area contributed by atoms with E-state index in [1.165, 1.54) is 0 Å². The number of imidazole rings is 1. The first kappa shape index (κ1) is 16.6. The van der Waals surface area contributed by atoms with Gasteiger partial charge in [0.1, 0.15) is 5.82 Å². The van der Waals surface area contributed by atoms with Gasteiger partial charge < -0.3 is 9.47 Å². The minimum absolute atomic E-state index is 0.313. The second kappa shape index (κ2) is 7.48. The summed E-state index contributed by atoms with van der Waals surface area (Å²) in [5.74, 6) is 1.59. The highest BCUT2D eigenvalue weighted by Gasteiger charge is 2.18. The van der Waals surface area contributed by atoms with Gasteiger partial charge in [-0.25, -0.2) is 4.98 Å². The molecule has 5 heteroatoms. The number of aromatic nitrogens is 2. The SMILES string of the molecule is CCN(CC)CC(C)n1c(CCCl)nc2cccc(Cl)c21. The second-order valence-electron chi connectivity index (χ2n) is 5.28. The van der Waals surface area contributed by atoms with Gasteiger partial charge in [0, 0.05) is 24.9 Å². The van der Waals surface area contributed by atoms with E-state index in [-0.39, 0.29) is 0 Å². The zero-order valence-corrected chi connectivity index (χ0v) is 14.5. The topological polar surface area (TPSA) is 21.1 Å². The molecule has 1 aromatic carbocycles. The average molecular weight is 328 g/mol. The number of nitrogens with zero attached hydrogens (tertiary/aromatic N) is 3. The second-order valence-corrected chi connectivity index (χ2v) is 6.06. The molecule has 0 amide bonds. The third-order valence-corrected chi connectivity index (χ3v) is 4.40. The smallest absolute Gasteiger partial charge is 0.111 e. The lowest BCUT2D eigenvalue weighted by molar-refractivity contribution is 0.261. The van der Waals surface area contributed by atoms with E-state index in [0.29, 0.717) is 11.9 Å². The summed E-state index contributed by atoms with van der Waals surface area (Å²) < 4.78 is 2.26. The monoisotopic (exact) mass is 327 g/mol. The molecule has 21 heavy (non-hydrogen) atoms. The number of rotatable bonds is 7. The molecular formula is C16H23Cl2N3. The van der Waals surface area contributed by atoms with E-state index in [0.717, 1.165) is 47.9 Å². The minimum atomic E-state index is 0.313. The van der Waals surface area contributed by atoms with E-state index in [2.05, 4.69) is 30.2 Å². The molecule has 0 aliphatic rings. The van der Waals surface area contributed by atoms with Gasteiger partial charge in [0.15, 0.2) is 0 Å². The van der Waals surface area contributed by atoms with Crippen molar-refractivity contribution in [3.8, 4) is 0 Å². The quantitative estimate of drug-likeness (QED) is 0.704. The van der Waals surface area contributed by atoms with Crippen molar-refractivity contribution < 1.29 is 0 Å². The van der Waals surface area contributed by atoms with Crippen LogP contribution in [0.25, 0.3) is 11.0 Å². The lowest BCUT2D eigenvalue weighted by Gasteiger charge is -2.25. The molecular weight excluding hydrogens is 305 g/mol. The molecule has 2 rings (SSSR count). The normalized spacial score (nSPS) is 13.2. The first-order valence-electron chi connectivity index (χ1n) is 7.55. The fraction of sp³-hybridized carbons (Fsp3) is 0.562. The summed E-state index contributed by atoms with van der Waals surface area (Å²) in [6.45, 7) is 9.68. The van der Waals surface area contributed by atoms with Gasteiger partial charge in [-0.2, -0.15) is 0 Å². The Bertz CT molecular complexity index is 590. The highest BCUT2D eigenvalue weighted by atomic mass is 35.5. The Kier molecular flexibility index (Phi) is 5.91. The molecule has 0 saturated carbocycles. The molecule has 3 nitrogen and oxygen atoms in total. The Morgan fingerprint density at radius 2 is 2.00 bits per heavy atom. The summed E-state index contributed by atoms with van der Waals surface area (Å²) in [4.78, 5) is 7.13. The Morgan fingerprint density at radius 3 is 2.62 bits per heavy atom. The Balaban J connectivity index is 2.46. The van der Waals surface area contributed by atoms with Crippen molar-refractivity contribution in [3.05, 3.63) is 29.0 Å². The summed E-state index contributed by atoms with van der Waals surface area (Å²) in [6.07, 6.45) is 0.759. The van der Waals surface area contributed by atoms with Gasteiger partial charge in [-0.1, -0.05) is 31.5 Å². The Hall–Kier alpha value is -0.770. The highest BCUT2D eigenvalue weighted by molar-refractivity contribution is 6.35. The van der Waals surface area contributed by atoms with Crippen LogP contribution in [0, 0.1) is 0 Å². The maximum atomic E-state index is 6.42. The Morgan fingerprint density at radius 1 is 1.29 bits per heavy atom. The number of alkyl halides is 1. The molecule has 0 N–H and O–H groups in total. The predicted octanol–water partition coefficient (Wildman–Crippen LogP) is 4.37. The molecule has 1 unspecified atom stereocenters. The van der Waals surface area contributed by atoms with Gasteiger partial charge in [0.2, 0.25) is 0 Å². The van der Waals surface area contributed by atoms with Crippen molar-refractivity contribution in [1.82, 2.24) is 14.5 Å². The molecule has 1 aromatic heterocycles. The average Bonchev–Trinajstić information content (AvgIpc) is 2.84. The van der Waals surface area contributed by atoms with Crippen molar-refractivity contribution in [1.29, 1.82) is 0 Å².